The Morgan fingerprint density at radius 2 is 2.00 bits per heavy atom. The summed E-state index contributed by atoms with van der Waals surface area (Å²) in [6.07, 6.45) is 1.10. The van der Waals surface area contributed by atoms with Crippen molar-refractivity contribution in [2.45, 2.75) is 6.54 Å². The number of nitrogens with zero attached hydrogens (tertiary/aromatic N) is 3. The summed E-state index contributed by atoms with van der Waals surface area (Å²) < 4.78 is 4.97. The van der Waals surface area contributed by atoms with Gasteiger partial charge in [-0.2, -0.15) is 5.26 Å². The fraction of sp³-hybridized carbons (Fsp3) is 0.158. The van der Waals surface area contributed by atoms with E-state index in [0.717, 1.165) is 16.9 Å². The highest BCUT2D eigenvalue weighted by atomic mass is 35.5. The largest absolute Gasteiger partial charge is 0.443 e. The molecule has 1 aliphatic heterocycles. The van der Waals surface area contributed by atoms with Crippen molar-refractivity contribution in [3.8, 4) is 6.07 Å². The average molecular weight is 405 g/mol. The van der Waals surface area contributed by atoms with Crippen LogP contribution < -0.4 is 10.6 Å². The molecule has 0 fully saturated rings. The van der Waals surface area contributed by atoms with E-state index in [-0.39, 0.29) is 19.0 Å². The summed E-state index contributed by atoms with van der Waals surface area (Å²) in [5.74, 6) is 0. The molecule has 1 aliphatic rings. The average Bonchev–Trinajstić information content (AvgIpc) is 3.03. The van der Waals surface area contributed by atoms with Gasteiger partial charge >= 0.3 is 6.09 Å². The number of carbonyl (C=O) groups excluding carboxylic acids is 1. The smallest absolute Gasteiger partial charge is 0.404 e. The van der Waals surface area contributed by atoms with E-state index in [0.29, 0.717) is 23.8 Å². The molecule has 0 saturated carbocycles. The van der Waals surface area contributed by atoms with Gasteiger partial charge < -0.3 is 20.3 Å². The molecule has 3 rings (SSSR count). The second-order valence-electron chi connectivity index (χ2n) is 5.83. The molecule has 8 heteroatoms. The van der Waals surface area contributed by atoms with E-state index in [2.05, 4.69) is 11.0 Å². The van der Waals surface area contributed by atoms with E-state index in [1.807, 2.05) is 47.5 Å². The molecule has 1 amide bonds. The summed E-state index contributed by atoms with van der Waals surface area (Å²) >= 11 is 6.08. The molecule has 1 heterocycles. The van der Waals surface area contributed by atoms with Crippen LogP contribution in [0.1, 0.15) is 11.1 Å². The van der Waals surface area contributed by atoms with Gasteiger partial charge in [0.15, 0.2) is 0 Å². The van der Waals surface area contributed by atoms with Crippen LogP contribution in [-0.4, -0.2) is 24.3 Å². The highest BCUT2D eigenvalue weighted by Gasteiger charge is 2.23. The van der Waals surface area contributed by atoms with Crippen LogP contribution in [0.5, 0.6) is 0 Å². The van der Waals surface area contributed by atoms with Crippen LogP contribution in [-0.2, 0) is 11.3 Å². The zero-order chi connectivity index (χ0) is 18.5. The van der Waals surface area contributed by atoms with E-state index < -0.39 is 6.09 Å². The first kappa shape index (κ1) is 20.4. The third-order valence-corrected chi connectivity index (χ3v) is 4.23. The van der Waals surface area contributed by atoms with Crippen molar-refractivity contribution in [3.05, 3.63) is 76.6 Å². The zero-order valence-electron chi connectivity index (χ0n) is 14.3. The molecule has 140 valence electrons. The number of hydrogen-bond donors (Lipinski definition) is 1. The summed E-state index contributed by atoms with van der Waals surface area (Å²) in [7, 11) is 0. The number of nitrogens with two attached hydrogens (primary N) is 1. The minimum absolute atomic E-state index is 0. The molecule has 0 aromatic heterocycles. The highest BCUT2D eigenvalue weighted by Crippen LogP contribution is 2.27. The topological polar surface area (TPSA) is 82.6 Å². The molecule has 0 radical (unpaired) electrons. The van der Waals surface area contributed by atoms with Gasteiger partial charge in [-0.3, -0.25) is 0 Å². The van der Waals surface area contributed by atoms with Gasteiger partial charge in [0.25, 0.3) is 0 Å². The normalized spacial score (nSPS) is 12.8. The van der Waals surface area contributed by atoms with Gasteiger partial charge in [0.1, 0.15) is 6.61 Å². The van der Waals surface area contributed by atoms with Crippen molar-refractivity contribution in [2.24, 2.45) is 5.73 Å². The van der Waals surface area contributed by atoms with Gasteiger partial charge in [-0.25, -0.2) is 4.79 Å². The predicted octanol–water partition coefficient (Wildman–Crippen LogP) is 3.85. The predicted molar refractivity (Wildman–Crippen MR) is 106 cm³/mol. The van der Waals surface area contributed by atoms with Crippen molar-refractivity contribution in [3.63, 3.8) is 0 Å². The van der Waals surface area contributed by atoms with Crippen molar-refractivity contribution in [1.29, 1.82) is 5.26 Å². The molecule has 0 spiro atoms. The van der Waals surface area contributed by atoms with Gasteiger partial charge in [0, 0.05) is 23.5 Å². The Morgan fingerprint density at radius 1 is 1.26 bits per heavy atom. The monoisotopic (exact) mass is 404 g/mol. The molecule has 0 aliphatic carbocycles. The second-order valence-corrected chi connectivity index (χ2v) is 6.26. The standard InChI is InChI=1S/C19H17ClN4O2.ClH/c20-16-2-1-3-17(8-16)24-11-18(12-26-19(22)25)23(13-24)10-15-6-4-14(9-21)5-7-15;/h1-8,11H,10,12-13H2,(H2,22,25);1H. The number of anilines is 1. The number of ether oxygens (including phenoxy) is 1. The van der Waals surface area contributed by atoms with Crippen LogP contribution in [0.2, 0.25) is 5.02 Å². The number of carbonyl (C=O) groups is 1. The molecule has 6 nitrogen and oxygen atoms in total. The first-order valence-corrected chi connectivity index (χ1v) is 8.32. The highest BCUT2D eigenvalue weighted by molar-refractivity contribution is 6.30. The number of hydrogen-bond acceptors (Lipinski definition) is 5. The molecule has 0 atom stereocenters. The first-order valence-electron chi connectivity index (χ1n) is 7.94. The lowest BCUT2D eigenvalue weighted by atomic mass is 10.1. The maximum absolute atomic E-state index is 11.0. The van der Waals surface area contributed by atoms with Gasteiger partial charge in [-0.15, -0.1) is 12.4 Å². The summed E-state index contributed by atoms with van der Waals surface area (Å²) in [5.41, 5.74) is 8.52. The lowest BCUT2D eigenvalue weighted by Gasteiger charge is -2.24. The number of primary amides is 1. The van der Waals surface area contributed by atoms with E-state index in [1.165, 1.54) is 0 Å². The summed E-state index contributed by atoms with van der Waals surface area (Å²) in [4.78, 5) is 15.1. The third kappa shape index (κ3) is 5.30. The van der Waals surface area contributed by atoms with Gasteiger partial charge in [0.2, 0.25) is 0 Å². The Morgan fingerprint density at radius 3 is 2.63 bits per heavy atom. The molecule has 2 aromatic carbocycles. The van der Waals surface area contributed by atoms with Crippen molar-refractivity contribution in [2.75, 3.05) is 18.2 Å². The van der Waals surface area contributed by atoms with E-state index in [4.69, 9.17) is 27.3 Å². The van der Waals surface area contributed by atoms with E-state index in [1.54, 1.807) is 12.1 Å². The molecule has 2 N–H and O–H groups in total. The molecular weight excluding hydrogens is 387 g/mol. The Hall–Kier alpha value is -2.88. The quantitative estimate of drug-likeness (QED) is 0.817. The van der Waals surface area contributed by atoms with Crippen LogP contribution in [0.25, 0.3) is 0 Å². The fourth-order valence-corrected chi connectivity index (χ4v) is 2.90. The number of amides is 1. The lowest BCUT2D eigenvalue weighted by Crippen LogP contribution is -2.28. The molecule has 0 unspecified atom stereocenters. The lowest BCUT2D eigenvalue weighted by molar-refractivity contribution is 0.156. The fourth-order valence-electron chi connectivity index (χ4n) is 2.72. The maximum Gasteiger partial charge on any atom is 0.404 e. The summed E-state index contributed by atoms with van der Waals surface area (Å²) in [6, 6.07) is 17.0. The Bertz CT molecular complexity index is 878. The minimum Gasteiger partial charge on any atom is -0.443 e. The maximum atomic E-state index is 11.0. The van der Waals surface area contributed by atoms with E-state index in [9.17, 15) is 4.79 Å². The number of nitriles is 1. The van der Waals surface area contributed by atoms with Crippen LogP contribution in [0.4, 0.5) is 10.5 Å². The third-order valence-electron chi connectivity index (χ3n) is 3.99. The summed E-state index contributed by atoms with van der Waals surface area (Å²) in [5, 5.41) is 9.56. The molecule has 2 aromatic rings. The van der Waals surface area contributed by atoms with Crippen LogP contribution in [0, 0.1) is 11.3 Å². The second kappa shape index (κ2) is 9.17. The van der Waals surface area contributed by atoms with Crippen molar-refractivity contribution >= 4 is 35.8 Å². The van der Waals surface area contributed by atoms with E-state index >= 15 is 0 Å². The van der Waals surface area contributed by atoms with Crippen LogP contribution in [0.3, 0.4) is 0 Å². The van der Waals surface area contributed by atoms with Crippen LogP contribution in [0.15, 0.2) is 60.4 Å². The summed E-state index contributed by atoms with van der Waals surface area (Å²) in [6.45, 7) is 1.28. The number of benzene rings is 2. The molecule has 27 heavy (non-hydrogen) atoms. The van der Waals surface area contributed by atoms with Crippen molar-refractivity contribution in [1.82, 2.24) is 4.90 Å². The van der Waals surface area contributed by atoms with Crippen LogP contribution >= 0.6 is 24.0 Å². The molecule has 0 saturated heterocycles. The van der Waals surface area contributed by atoms with Crippen molar-refractivity contribution < 1.29 is 9.53 Å². The number of rotatable bonds is 5. The van der Waals surface area contributed by atoms with Gasteiger partial charge in [-0.05, 0) is 35.9 Å². The van der Waals surface area contributed by atoms with Gasteiger partial charge in [0.05, 0.1) is 24.0 Å². The molecule has 0 bridgehead atoms. The Labute approximate surface area is 168 Å². The number of halogens is 2. The Balaban J connectivity index is 0.00000261. The Kier molecular flexibility index (Phi) is 6.94. The first-order chi connectivity index (χ1) is 12.5. The SMILES string of the molecule is Cl.N#Cc1ccc(CN2CN(c3cccc(Cl)c3)C=C2COC(N)=O)cc1. The zero-order valence-corrected chi connectivity index (χ0v) is 15.9. The van der Waals surface area contributed by atoms with Gasteiger partial charge in [-0.1, -0.05) is 29.8 Å². The molecular formula is C19H18Cl2N4O2. The minimum atomic E-state index is -0.814.